The molecule has 1 aliphatic carbocycles. The van der Waals surface area contributed by atoms with Gasteiger partial charge < -0.3 is 10.2 Å². The van der Waals surface area contributed by atoms with Crippen molar-refractivity contribution in [3.63, 3.8) is 0 Å². The summed E-state index contributed by atoms with van der Waals surface area (Å²) in [5.41, 5.74) is 4.91. The molecule has 1 fully saturated rings. The number of anilines is 1. The zero-order chi connectivity index (χ0) is 30.4. The molecule has 0 saturated heterocycles. The summed E-state index contributed by atoms with van der Waals surface area (Å²) in [5, 5.41) is 3.15. The number of hydrogen-bond acceptors (Lipinski definition) is 4. The van der Waals surface area contributed by atoms with Crippen LogP contribution in [0.1, 0.15) is 66.8 Å². The van der Waals surface area contributed by atoms with Crippen molar-refractivity contribution >= 4 is 27.5 Å². The van der Waals surface area contributed by atoms with E-state index in [9.17, 15) is 18.0 Å². The Hall–Kier alpha value is -3.65. The van der Waals surface area contributed by atoms with Crippen molar-refractivity contribution in [1.29, 1.82) is 0 Å². The Bertz CT molecular complexity index is 1510. The van der Waals surface area contributed by atoms with Crippen LogP contribution in [-0.2, 0) is 26.2 Å². The highest BCUT2D eigenvalue weighted by Crippen LogP contribution is 2.29. The monoisotopic (exact) mass is 589 g/mol. The van der Waals surface area contributed by atoms with Gasteiger partial charge in [0.1, 0.15) is 12.6 Å². The fourth-order valence-corrected chi connectivity index (χ4v) is 6.97. The van der Waals surface area contributed by atoms with Crippen molar-refractivity contribution < 1.29 is 18.0 Å². The smallest absolute Gasteiger partial charge is 0.264 e. The molecule has 0 bridgehead atoms. The van der Waals surface area contributed by atoms with Gasteiger partial charge in [-0.2, -0.15) is 0 Å². The minimum absolute atomic E-state index is 0.0954. The van der Waals surface area contributed by atoms with E-state index in [1.54, 1.807) is 37.3 Å². The number of carbonyl (C=O) groups excluding carboxylic acids is 2. The second-order valence-corrected chi connectivity index (χ2v) is 13.5. The van der Waals surface area contributed by atoms with Gasteiger partial charge >= 0.3 is 0 Å². The van der Waals surface area contributed by atoms with E-state index in [-0.39, 0.29) is 23.4 Å². The lowest BCUT2D eigenvalue weighted by molar-refractivity contribution is -0.139. The Morgan fingerprint density at radius 1 is 0.857 bits per heavy atom. The molecule has 1 saturated carbocycles. The Morgan fingerprint density at radius 2 is 1.50 bits per heavy atom. The summed E-state index contributed by atoms with van der Waals surface area (Å²) in [6.45, 7) is 9.07. The number of hydrogen-bond donors (Lipinski definition) is 1. The van der Waals surface area contributed by atoms with Crippen molar-refractivity contribution in [3.8, 4) is 0 Å². The van der Waals surface area contributed by atoms with Crippen LogP contribution in [0.3, 0.4) is 0 Å². The van der Waals surface area contributed by atoms with Gasteiger partial charge in [-0.25, -0.2) is 8.42 Å². The predicted octanol–water partition coefficient (Wildman–Crippen LogP) is 5.98. The Morgan fingerprint density at radius 3 is 2.17 bits per heavy atom. The molecule has 7 nitrogen and oxygen atoms in total. The van der Waals surface area contributed by atoms with Crippen LogP contribution in [0.25, 0.3) is 0 Å². The Labute approximate surface area is 251 Å². The quantitative estimate of drug-likeness (QED) is 0.315. The van der Waals surface area contributed by atoms with Crippen molar-refractivity contribution in [1.82, 2.24) is 10.2 Å². The second kappa shape index (κ2) is 13.6. The predicted molar refractivity (Wildman–Crippen MR) is 168 cm³/mol. The van der Waals surface area contributed by atoms with E-state index >= 15 is 0 Å². The number of sulfonamides is 1. The number of nitrogens with zero attached hydrogens (tertiary/aromatic N) is 2. The van der Waals surface area contributed by atoms with Gasteiger partial charge in [0, 0.05) is 12.6 Å². The van der Waals surface area contributed by atoms with Gasteiger partial charge in [0.25, 0.3) is 10.0 Å². The lowest BCUT2D eigenvalue weighted by Gasteiger charge is -2.33. The van der Waals surface area contributed by atoms with Crippen molar-refractivity contribution in [3.05, 3.63) is 94.5 Å². The second-order valence-electron chi connectivity index (χ2n) is 11.6. The fraction of sp³-hybridized carbons (Fsp3) is 0.412. The van der Waals surface area contributed by atoms with E-state index < -0.39 is 28.5 Å². The average molecular weight is 590 g/mol. The van der Waals surface area contributed by atoms with Crippen molar-refractivity contribution in [2.45, 2.75) is 90.2 Å². The summed E-state index contributed by atoms with van der Waals surface area (Å²) < 4.78 is 29.4. The SMILES string of the molecule is Cc1ccc(S(=O)(=O)N(CC(=O)N(Cc2cccc(C)c2)C(C)C(=O)NC2CCCCC2)c2cc(C)ccc2C)cc1. The molecule has 8 heteroatoms. The van der Waals surface area contributed by atoms with Gasteiger partial charge in [-0.05, 0) is 82.3 Å². The van der Waals surface area contributed by atoms with Gasteiger partial charge in [-0.3, -0.25) is 13.9 Å². The van der Waals surface area contributed by atoms with E-state index in [0.717, 1.165) is 53.5 Å². The minimum atomic E-state index is -4.10. The maximum absolute atomic E-state index is 14.2. The largest absolute Gasteiger partial charge is 0.352 e. The molecule has 1 aliphatic rings. The van der Waals surface area contributed by atoms with Gasteiger partial charge in [-0.15, -0.1) is 0 Å². The van der Waals surface area contributed by atoms with Crippen LogP contribution >= 0.6 is 0 Å². The molecule has 0 heterocycles. The summed E-state index contributed by atoms with van der Waals surface area (Å²) >= 11 is 0. The molecule has 1 N–H and O–H groups in total. The molecular weight excluding hydrogens is 546 g/mol. The Balaban J connectivity index is 1.71. The molecule has 3 aromatic rings. The molecule has 2 amide bonds. The van der Waals surface area contributed by atoms with Crippen LogP contribution in [0.15, 0.2) is 71.6 Å². The molecule has 224 valence electrons. The van der Waals surface area contributed by atoms with Gasteiger partial charge in [0.15, 0.2) is 0 Å². The zero-order valence-electron chi connectivity index (χ0n) is 25.4. The van der Waals surface area contributed by atoms with E-state index in [1.807, 2.05) is 64.1 Å². The number of benzene rings is 3. The molecule has 0 aliphatic heterocycles. The molecule has 0 radical (unpaired) electrons. The zero-order valence-corrected chi connectivity index (χ0v) is 26.2. The maximum atomic E-state index is 14.2. The molecule has 0 aromatic heterocycles. The van der Waals surface area contributed by atoms with Gasteiger partial charge in [-0.1, -0.05) is 78.9 Å². The van der Waals surface area contributed by atoms with E-state index in [4.69, 9.17) is 0 Å². The lowest BCUT2D eigenvalue weighted by atomic mass is 9.95. The Kier molecular flexibility index (Phi) is 10.1. The molecule has 1 unspecified atom stereocenters. The number of carbonyl (C=O) groups is 2. The van der Waals surface area contributed by atoms with E-state index in [1.165, 1.54) is 15.6 Å². The third-order valence-electron chi connectivity index (χ3n) is 8.08. The molecule has 3 aromatic carbocycles. The van der Waals surface area contributed by atoms with Crippen LogP contribution in [-0.4, -0.2) is 43.8 Å². The van der Waals surface area contributed by atoms with Crippen LogP contribution < -0.4 is 9.62 Å². The van der Waals surface area contributed by atoms with E-state index in [0.29, 0.717) is 5.69 Å². The third-order valence-corrected chi connectivity index (χ3v) is 9.85. The van der Waals surface area contributed by atoms with Crippen LogP contribution in [0.5, 0.6) is 0 Å². The number of nitrogens with one attached hydrogen (secondary N) is 1. The molecular formula is C34H43N3O4S. The summed E-state index contributed by atoms with van der Waals surface area (Å²) in [7, 11) is -4.10. The molecule has 42 heavy (non-hydrogen) atoms. The van der Waals surface area contributed by atoms with Crippen LogP contribution in [0.2, 0.25) is 0 Å². The lowest BCUT2D eigenvalue weighted by Crippen LogP contribution is -2.53. The first-order chi connectivity index (χ1) is 20.0. The minimum Gasteiger partial charge on any atom is -0.352 e. The summed E-state index contributed by atoms with van der Waals surface area (Å²) in [6.07, 6.45) is 5.18. The number of rotatable bonds is 10. The number of aryl methyl sites for hydroxylation is 4. The molecule has 0 spiro atoms. The maximum Gasteiger partial charge on any atom is 0.264 e. The topological polar surface area (TPSA) is 86.8 Å². The highest BCUT2D eigenvalue weighted by atomic mass is 32.2. The first-order valence-corrected chi connectivity index (χ1v) is 16.2. The summed E-state index contributed by atoms with van der Waals surface area (Å²) in [6, 6.07) is 19.3. The highest BCUT2D eigenvalue weighted by Gasteiger charge is 2.33. The van der Waals surface area contributed by atoms with E-state index in [2.05, 4.69) is 5.32 Å². The third kappa shape index (κ3) is 7.59. The van der Waals surface area contributed by atoms with Gasteiger partial charge in [0.2, 0.25) is 11.8 Å². The first-order valence-electron chi connectivity index (χ1n) is 14.8. The normalized spacial score (nSPS) is 14.7. The number of amides is 2. The van der Waals surface area contributed by atoms with Crippen molar-refractivity contribution in [2.75, 3.05) is 10.8 Å². The van der Waals surface area contributed by atoms with Crippen molar-refractivity contribution in [2.24, 2.45) is 0 Å². The van der Waals surface area contributed by atoms with Crippen LogP contribution in [0.4, 0.5) is 5.69 Å². The average Bonchev–Trinajstić information content (AvgIpc) is 2.96. The first kappa shape index (κ1) is 31.3. The van der Waals surface area contributed by atoms with Gasteiger partial charge in [0.05, 0.1) is 10.6 Å². The fourth-order valence-electron chi connectivity index (χ4n) is 5.50. The molecule has 4 rings (SSSR count). The highest BCUT2D eigenvalue weighted by molar-refractivity contribution is 7.92. The summed E-state index contributed by atoms with van der Waals surface area (Å²) in [4.78, 5) is 29.3. The molecule has 1 atom stereocenters. The standard InChI is InChI=1S/C34H43N3O4S/c1-24-15-18-31(19-16-24)42(40,41)37(32-21-26(3)14-17-27(32)4)23-33(38)36(22-29-11-9-10-25(2)20-29)28(5)34(39)35-30-12-7-6-8-13-30/h9-11,14-21,28,30H,6-8,12-13,22-23H2,1-5H3,(H,35,39). The van der Waals surface area contributed by atoms with Crippen LogP contribution in [0, 0.1) is 27.7 Å². The summed E-state index contributed by atoms with van der Waals surface area (Å²) in [5.74, 6) is -0.665.